The van der Waals surface area contributed by atoms with Gasteiger partial charge in [-0.15, -0.1) is 0 Å². The van der Waals surface area contributed by atoms with E-state index >= 15 is 0 Å². The fourth-order valence-corrected chi connectivity index (χ4v) is 2.98. The van der Waals surface area contributed by atoms with Gasteiger partial charge in [0.1, 0.15) is 11.9 Å². The number of fused-ring (bicyclic) bond motifs is 1. The first-order valence-electron chi connectivity index (χ1n) is 6.98. The maximum absolute atomic E-state index is 14.7. The molecule has 0 bridgehead atoms. The fourth-order valence-electron chi connectivity index (χ4n) is 2.98. The van der Waals surface area contributed by atoms with Gasteiger partial charge in [-0.1, -0.05) is 24.6 Å². The summed E-state index contributed by atoms with van der Waals surface area (Å²) < 4.78 is 20.4. The Labute approximate surface area is 108 Å². The van der Waals surface area contributed by atoms with Crippen LogP contribution in [0.3, 0.4) is 0 Å². The van der Waals surface area contributed by atoms with Gasteiger partial charge < -0.3 is 10.1 Å². The zero-order valence-electron chi connectivity index (χ0n) is 10.6. The SMILES string of the molecule is FC(c1cccc2c1OCCC2)C1CCCCN1. The summed E-state index contributed by atoms with van der Waals surface area (Å²) in [6, 6.07) is 5.85. The fraction of sp³-hybridized carbons (Fsp3) is 0.600. The Morgan fingerprint density at radius 1 is 1.28 bits per heavy atom. The molecular weight excluding hydrogens is 229 g/mol. The largest absolute Gasteiger partial charge is 0.493 e. The van der Waals surface area contributed by atoms with Crippen LogP contribution in [0.25, 0.3) is 0 Å². The number of hydrogen-bond donors (Lipinski definition) is 1. The second-order valence-electron chi connectivity index (χ2n) is 5.25. The smallest absolute Gasteiger partial charge is 0.144 e. The highest BCUT2D eigenvalue weighted by molar-refractivity contribution is 5.44. The molecule has 2 nitrogen and oxygen atoms in total. The molecule has 2 aliphatic heterocycles. The van der Waals surface area contributed by atoms with Gasteiger partial charge in [0, 0.05) is 11.6 Å². The number of para-hydroxylation sites is 1. The average Bonchev–Trinajstić information content (AvgIpc) is 2.47. The van der Waals surface area contributed by atoms with Crippen LogP contribution in [0, 0.1) is 0 Å². The van der Waals surface area contributed by atoms with Crippen molar-refractivity contribution in [2.45, 2.75) is 44.3 Å². The van der Waals surface area contributed by atoms with Gasteiger partial charge in [0.05, 0.1) is 6.61 Å². The van der Waals surface area contributed by atoms with E-state index in [9.17, 15) is 4.39 Å². The number of alkyl halides is 1. The highest BCUT2D eigenvalue weighted by Gasteiger charge is 2.28. The molecule has 1 aromatic rings. The Morgan fingerprint density at radius 2 is 2.22 bits per heavy atom. The molecule has 2 atom stereocenters. The highest BCUT2D eigenvalue weighted by atomic mass is 19.1. The lowest BCUT2D eigenvalue weighted by Crippen LogP contribution is -2.37. The van der Waals surface area contributed by atoms with Gasteiger partial charge in [-0.05, 0) is 37.8 Å². The van der Waals surface area contributed by atoms with Crippen LogP contribution in [0.1, 0.15) is 43.0 Å². The molecule has 2 heterocycles. The van der Waals surface area contributed by atoms with Gasteiger partial charge in [0.25, 0.3) is 0 Å². The minimum Gasteiger partial charge on any atom is -0.493 e. The Hall–Kier alpha value is -1.09. The predicted molar refractivity (Wildman–Crippen MR) is 69.7 cm³/mol. The van der Waals surface area contributed by atoms with Gasteiger partial charge in [-0.25, -0.2) is 4.39 Å². The Bertz CT molecular complexity index is 415. The van der Waals surface area contributed by atoms with Crippen LogP contribution in [0.4, 0.5) is 4.39 Å². The van der Waals surface area contributed by atoms with Crippen LogP contribution >= 0.6 is 0 Å². The second kappa shape index (κ2) is 5.27. The van der Waals surface area contributed by atoms with Gasteiger partial charge >= 0.3 is 0 Å². The van der Waals surface area contributed by atoms with E-state index in [1.807, 2.05) is 12.1 Å². The lowest BCUT2D eigenvalue weighted by molar-refractivity contribution is 0.208. The normalized spacial score (nSPS) is 25.1. The topological polar surface area (TPSA) is 21.3 Å². The van der Waals surface area contributed by atoms with E-state index in [2.05, 4.69) is 11.4 Å². The molecule has 0 saturated carbocycles. The average molecular weight is 249 g/mol. The molecule has 0 radical (unpaired) electrons. The van der Waals surface area contributed by atoms with Crippen molar-refractivity contribution in [3.8, 4) is 5.75 Å². The lowest BCUT2D eigenvalue weighted by atomic mass is 9.93. The Balaban J connectivity index is 1.86. The van der Waals surface area contributed by atoms with E-state index < -0.39 is 6.17 Å². The highest BCUT2D eigenvalue weighted by Crippen LogP contribution is 2.37. The lowest BCUT2D eigenvalue weighted by Gasteiger charge is -2.29. The molecule has 1 aromatic carbocycles. The van der Waals surface area contributed by atoms with Crippen molar-refractivity contribution in [3.63, 3.8) is 0 Å². The van der Waals surface area contributed by atoms with Gasteiger partial charge in [-0.2, -0.15) is 0 Å². The number of halogens is 1. The summed E-state index contributed by atoms with van der Waals surface area (Å²) >= 11 is 0. The van der Waals surface area contributed by atoms with Crippen LogP contribution in [-0.2, 0) is 6.42 Å². The first-order valence-corrected chi connectivity index (χ1v) is 6.98. The van der Waals surface area contributed by atoms with Crippen LogP contribution < -0.4 is 10.1 Å². The summed E-state index contributed by atoms with van der Waals surface area (Å²) in [5.41, 5.74) is 1.91. The van der Waals surface area contributed by atoms with E-state index in [4.69, 9.17) is 4.74 Å². The number of aryl methyl sites for hydroxylation is 1. The maximum Gasteiger partial charge on any atom is 0.144 e. The van der Waals surface area contributed by atoms with Crippen molar-refractivity contribution in [2.24, 2.45) is 0 Å². The van der Waals surface area contributed by atoms with Crippen LogP contribution in [0.15, 0.2) is 18.2 Å². The van der Waals surface area contributed by atoms with Gasteiger partial charge in [0.2, 0.25) is 0 Å². The van der Waals surface area contributed by atoms with Gasteiger partial charge in [-0.3, -0.25) is 0 Å². The minimum absolute atomic E-state index is 0.0456. The molecule has 3 heteroatoms. The van der Waals surface area contributed by atoms with Crippen LogP contribution in [0.2, 0.25) is 0 Å². The van der Waals surface area contributed by atoms with E-state index in [0.29, 0.717) is 0 Å². The minimum atomic E-state index is -0.946. The predicted octanol–water partition coefficient (Wildman–Crippen LogP) is 3.16. The molecule has 0 aliphatic carbocycles. The Kier molecular flexibility index (Phi) is 3.50. The first-order chi connectivity index (χ1) is 8.86. The molecule has 2 unspecified atom stereocenters. The summed E-state index contributed by atoms with van der Waals surface area (Å²) in [6.07, 6.45) is 4.30. The summed E-state index contributed by atoms with van der Waals surface area (Å²) in [4.78, 5) is 0. The summed E-state index contributed by atoms with van der Waals surface area (Å²) in [6.45, 7) is 1.65. The van der Waals surface area contributed by atoms with E-state index in [0.717, 1.165) is 62.1 Å². The van der Waals surface area contributed by atoms with Crippen molar-refractivity contribution in [3.05, 3.63) is 29.3 Å². The first kappa shape index (κ1) is 12.0. The number of rotatable bonds is 2. The van der Waals surface area contributed by atoms with Crippen molar-refractivity contribution >= 4 is 0 Å². The molecule has 3 rings (SSSR count). The van der Waals surface area contributed by atoms with E-state index in [-0.39, 0.29) is 6.04 Å². The molecule has 2 aliphatic rings. The monoisotopic (exact) mass is 249 g/mol. The second-order valence-corrected chi connectivity index (χ2v) is 5.25. The molecule has 1 saturated heterocycles. The molecule has 98 valence electrons. The van der Waals surface area contributed by atoms with Crippen LogP contribution in [0.5, 0.6) is 5.75 Å². The van der Waals surface area contributed by atoms with Crippen molar-refractivity contribution in [2.75, 3.05) is 13.2 Å². The van der Waals surface area contributed by atoms with Gasteiger partial charge in [0.15, 0.2) is 0 Å². The number of hydrogen-bond acceptors (Lipinski definition) is 2. The number of nitrogens with one attached hydrogen (secondary N) is 1. The molecule has 0 aromatic heterocycles. The molecule has 0 spiro atoms. The summed E-state index contributed by atoms with van der Waals surface area (Å²) in [7, 11) is 0. The van der Waals surface area contributed by atoms with Crippen molar-refractivity contribution < 1.29 is 9.13 Å². The quantitative estimate of drug-likeness (QED) is 0.869. The third-order valence-electron chi connectivity index (χ3n) is 3.96. The number of ether oxygens (including phenoxy) is 1. The number of piperidine rings is 1. The zero-order valence-corrected chi connectivity index (χ0v) is 10.6. The van der Waals surface area contributed by atoms with Crippen molar-refractivity contribution in [1.29, 1.82) is 0 Å². The molecule has 1 N–H and O–H groups in total. The zero-order chi connectivity index (χ0) is 12.4. The molecular formula is C15H20FNO. The van der Waals surface area contributed by atoms with Crippen molar-refractivity contribution in [1.82, 2.24) is 5.32 Å². The summed E-state index contributed by atoms with van der Waals surface area (Å²) in [5.74, 6) is 0.809. The van der Waals surface area contributed by atoms with E-state index in [1.54, 1.807) is 0 Å². The maximum atomic E-state index is 14.7. The third kappa shape index (κ3) is 2.24. The standard InChI is InChI=1S/C15H20FNO/c16-14(13-8-1-2-9-17-13)12-7-3-5-11-6-4-10-18-15(11)12/h3,5,7,13-14,17H,1-2,4,6,8-10H2. The Morgan fingerprint density at radius 3 is 3.06 bits per heavy atom. The molecule has 1 fully saturated rings. The summed E-state index contributed by atoms with van der Waals surface area (Å²) in [5, 5.41) is 3.29. The molecule has 18 heavy (non-hydrogen) atoms. The third-order valence-corrected chi connectivity index (χ3v) is 3.96. The van der Waals surface area contributed by atoms with E-state index in [1.165, 1.54) is 0 Å². The number of benzene rings is 1. The van der Waals surface area contributed by atoms with Crippen LogP contribution in [-0.4, -0.2) is 19.2 Å². The molecule has 0 amide bonds.